The highest BCUT2D eigenvalue weighted by Gasteiger charge is 2.29. The second-order valence-corrected chi connectivity index (χ2v) is 8.57. The van der Waals surface area contributed by atoms with Crippen LogP contribution in [0.3, 0.4) is 0 Å². The van der Waals surface area contributed by atoms with Gasteiger partial charge in [0.05, 0.1) is 0 Å². The Morgan fingerprint density at radius 1 is 1.25 bits per heavy atom. The Hall–Kier alpha value is -1.29. The molecule has 0 N–H and O–H groups in total. The molecule has 1 heterocycles. The van der Waals surface area contributed by atoms with Crippen LogP contribution < -0.4 is 0 Å². The van der Waals surface area contributed by atoms with Crippen molar-refractivity contribution in [2.24, 2.45) is 0 Å². The second-order valence-electron chi connectivity index (χ2n) is 5.51. The van der Waals surface area contributed by atoms with Crippen LogP contribution in [0.4, 0.5) is 4.39 Å². The molecule has 0 unspecified atom stereocenters. The quantitative estimate of drug-likeness (QED) is 0.695. The minimum absolute atomic E-state index is 0.241. The molecule has 1 amide bonds. The van der Waals surface area contributed by atoms with Gasteiger partial charge in [-0.25, -0.2) is 4.39 Å². The van der Waals surface area contributed by atoms with E-state index < -0.39 is 16.0 Å². The lowest BCUT2D eigenvalue weighted by Gasteiger charge is -2.34. The molecule has 0 radical (unpaired) electrons. The van der Waals surface area contributed by atoms with Crippen LogP contribution in [0.1, 0.15) is 5.56 Å². The number of benzene rings is 1. The minimum atomic E-state index is -3.46. The monoisotopic (exact) mass is 419 g/mol. The van der Waals surface area contributed by atoms with Crippen LogP contribution in [0, 0.1) is 5.82 Å². The van der Waals surface area contributed by atoms with E-state index in [9.17, 15) is 17.6 Å². The summed E-state index contributed by atoms with van der Waals surface area (Å²) < 4.78 is 40.9. The van der Waals surface area contributed by atoms with Crippen molar-refractivity contribution in [2.45, 2.75) is 0 Å². The van der Waals surface area contributed by atoms with Crippen molar-refractivity contribution in [3.63, 3.8) is 0 Å². The van der Waals surface area contributed by atoms with Crippen molar-refractivity contribution >= 4 is 38.1 Å². The Morgan fingerprint density at radius 3 is 2.46 bits per heavy atom. The molecule has 1 aromatic rings. The first-order valence-electron chi connectivity index (χ1n) is 7.31. The summed E-state index contributed by atoms with van der Waals surface area (Å²) in [6.07, 6.45) is 2.73. The number of carbonyl (C=O) groups excluding carboxylic acids is 1. The highest BCUT2D eigenvalue weighted by atomic mass is 79.9. The number of hydrogen-bond acceptors (Lipinski definition) is 3. The molecule has 0 aromatic heterocycles. The number of halogens is 2. The van der Waals surface area contributed by atoms with Crippen LogP contribution in [0.25, 0.3) is 6.08 Å². The molecular formula is C15H19BrFN3O3S. The molecule has 9 heteroatoms. The summed E-state index contributed by atoms with van der Waals surface area (Å²) in [5, 5.41) is 0. The van der Waals surface area contributed by atoms with Gasteiger partial charge in [-0.15, -0.1) is 0 Å². The van der Waals surface area contributed by atoms with Gasteiger partial charge in [0, 0.05) is 56.4 Å². The summed E-state index contributed by atoms with van der Waals surface area (Å²) in [4.78, 5) is 13.7. The fraction of sp³-hybridized carbons (Fsp3) is 0.400. The van der Waals surface area contributed by atoms with Gasteiger partial charge in [-0.3, -0.25) is 4.79 Å². The molecular weight excluding hydrogens is 401 g/mol. The molecule has 24 heavy (non-hydrogen) atoms. The molecule has 0 spiro atoms. The fourth-order valence-electron chi connectivity index (χ4n) is 2.28. The maximum absolute atomic E-state index is 13.6. The zero-order valence-electron chi connectivity index (χ0n) is 13.4. The van der Waals surface area contributed by atoms with Gasteiger partial charge in [-0.1, -0.05) is 15.9 Å². The van der Waals surface area contributed by atoms with Gasteiger partial charge in [0.25, 0.3) is 10.2 Å². The van der Waals surface area contributed by atoms with Crippen LogP contribution in [0.15, 0.2) is 28.7 Å². The summed E-state index contributed by atoms with van der Waals surface area (Å²) >= 11 is 3.25. The highest BCUT2D eigenvalue weighted by molar-refractivity contribution is 9.10. The van der Waals surface area contributed by atoms with E-state index in [2.05, 4.69) is 15.9 Å². The molecule has 6 nitrogen and oxygen atoms in total. The normalized spacial score (nSPS) is 17.0. The maximum Gasteiger partial charge on any atom is 0.281 e. The fourth-order valence-corrected chi connectivity index (χ4v) is 3.74. The predicted octanol–water partition coefficient (Wildman–Crippen LogP) is 1.55. The van der Waals surface area contributed by atoms with E-state index in [1.807, 2.05) is 0 Å². The predicted molar refractivity (Wildman–Crippen MR) is 93.9 cm³/mol. The molecule has 1 aliphatic rings. The zero-order valence-corrected chi connectivity index (χ0v) is 15.8. The first kappa shape index (κ1) is 19.0. The van der Waals surface area contributed by atoms with E-state index in [0.29, 0.717) is 18.7 Å². The molecule has 0 saturated carbocycles. The average Bonchev–Trinajstić information content (AvgIpc) is 2.55. The lowest BCUT2D eigenvalue weighted by atomic mass is 10.2. The molecule has 132 valence electrons. The Labute approximate surface area is 149 Å². The van der Waals surface area contributed by atoms with E-state index in [4.69, 9.17) is 0 Å². The molecule has 1 fully saturated rings. The SMILES string of the molecule is CN(C)S(=O)(=O)N1CCN(C(=O)/C=C/c2cc(Br)ccc2F)CC1. The van der Waals surface area contributed by atoms with Crippen LogP contribution in [0.2, 0.25) is 0 Å². The Morgan fingerprint density at radius 2 is 1.88 bits per heavy atom. The van der Waals surface area contributed by atoms with E-state index in [0.717, 1.165) is 8.78 Å². The molecule has 0 aliphatic carbocycles. The van der Waals surface area contributed by atoms with Gasteiger partial charge in [0.15, 0.2) is 0 Å². The van der Waals surface area contributed by atoms with Gasteiger partial charge < -0.3 is 4.90 Å². The first-order chi connectivity index (χ1) is 11.2. The summed E-state index contributed by atoms with van der Waals surface area (Å²) in [6.45, 7) is 1.09. The summed E-state index contributed by atoms with van der Waals surface area (Å²) in [7, 11) is -0.510. The Kier molecular flexibility index (Phi) is 6.13. The highest BCUT2D eigenvalue weighted by Crippen LogP contribution is 2.17. The third-order valence-electron chi connectivity index (χ3n) is 3.70. The maximum atomic E-state index is 13.6. The van der Waals surface area contributed by atoms with Crippen LogP contribution in [-0.4, -0.2) is 68.1 Å². The first-order valence-corrected chi connectivity index (χ1v) is 9.50. The number of carbonyl (C=O) groups is 1. The molecule has 1 aromatic carbocycles. The van der Waals surface area contributed by atoms with Gasteiger partial charge in [0.1, 0.15) is 5.82 Å². The smallest absolute Gasteiger partial charge is 0.281 e. The summed E-state index contributed by atoms with van der Waals surface area (Å²) in [6, 6.07) is 4.48. The Bertz CT molecular complexity index is 744. The van der Waals surface area contributed by atoms with E-state index >= 15 is 0 Å². The van der Waals surface area contributed by atoms with Gasteiger partial charge in [-0.2, -0.15) is 17.0 Å². The van der Waals surface area contributed by atoms with Crippen molar-refractivity contribution in [3.8, 4) is 0 Å². The van der Waals surface area contributed by atoms with Crippen molar-refractivity contribution in [3.05, 3.63) is 40.1 Å². The number of rotatable bonds is 4. The topological polar surface area (TPSA) is 60.9 Å². The second kappa shape index (κ2) is 7.73. The zero-order chi connectivity index (χ0) is 17.9. The minimum Gasteiger partial charge on any atom is -0.337 e. The van der Waals surface area contributed by atoms with Crippen LogP contribution in [0.5, 0.6) is 0 Å². The number of hydrogen-bond donors (Lipinski definition) is 0. The van der Waals surface area contributed by atoms with Crippen molar-refractivity contribution < 1.29 is 17.6 Å². The van der Waals surface area contributed by atoms with Gasteiger partial charge >= 0.3 is 0 Å². The van der Waals surface area contributed by atoms with Gasteiger partial charge in [0.2, 0.25) is 5.91 Å². The van der Waals surface area contributed by atoms with E-state index in [-0.39, 0.29) is 19.0 Å². The summed E-state index contributed by atoms with van der Waals surface area (Å²) in [5.41, 5.74) is 0.312. The third kappa shape index (κ3) is 4.41. The average molecular weight is 420 g/mol. The Balaban J connectivity index is 1.98. The molecule has 2 rings (SSSR count). The third-order valence-corrected chi connectivity index (χ3v) is 6.14. The van der Waals surface area contributed by atoms with Crippen LogP contribution >= 0.6 is 15.9 Å². The van der Waals surface area contributed by atoms with Gasteiger partial charge in [-0.05, 0) is 24.3 Å². The van der Waals surface area contributed by atoms with Crippen LogP contribution in [-0.2, 0) is 15.0 Å². The van der Waals surface area contributed by atoms with Crippen molar-refractivity contribution in [2.75, 3.05) is 40.3 Å². The molecule has 0 atom stereocenters. The molecule has 1 saturated heterocycles. The largest absolute Gasteiger partial charge is 0.337 e. The van der Waals surface area contributed by atoms with E-state index in [1.54, 1.807) is 17.0 Å². The molecule has 0 bridgehead atoms. The molecule has 1 aliphatic heterocycles. The lowest BCUT2D eigenvalue weighted by molar-refractivity contribution is -0.127. The number of nitrogens with zero attached hydrogens (tertiary/aromatic N) is 3. The van der Waals surface area contributed by atoms with Crippen molar-refractivity contribution in [1.82, 2.24) is 13.5 Å². The van der Waals surface area contributed by atoms with Crippen molar-refractivity contribution in [1.29, 1.82) is 0 Å². The lowest BCUT2D eigenvalue weighted by Crippen LogP contribution is -2.52. The summed E-state index contributed by atoms with van der Waals surface area (Å²) in [5.74, 6) is -0.680. The number of amides is 1. The number of piperazine rings is 1. The standard InChI is InChI=1S/C15H19BrFN3O3S/c1-18(2)24(22,23)20-9-7-19(8-10-20)15(21)6-3-12-11-13(16)4-5-14(12)17/h3-6,11H,7-10H2,1-2H3/b6-3+. The van der Waals surface area contributed by atoms with E-state index in [1.165, 1.54) is 36.6 Å².